The van der Waals surface area contributed by atoms with E-state index in [0.29, 0.717) is 16.3 Å². The lowest BCUT2D eigenvalue weighted by Crippen LogP contribution is -2.45. The molecular weight excluding hydrogens is 320 g/mol. The van der Waals surface area contributed by atoms with Gasteiger partial charge < -0.3 is 20.1 Å². The van der Waals surface area contributed by atoms with Crippen LogP contribution in [0, 0.1) is 0 Å². The molecule has 1 saturated heterocycles. The number of likely N-dealkylation sites (N-methyl/N-ethyl adjacent to an activating group) is 1. The third kappa shape index (κ3) is 3.87. The van der Waals surface area contributed by atoms with Crippen molar-refractivity contribution in [3.63, 3.8) is 0 Å². The fraction of sp³-hybridized carbons (Fsp3) is 0.600. The summed E-state index contributed by atoms with van der Waals surface area (Å²) in [4.78, 5) is 2.48. The second kappa shape index (κ2) is 7.29. The normalized spacial score (nSPS) is 20.1. The molecule has 5 heteroatoms. The predicted molar refractivity (Wildman–Crippen MR) is 84.3 cm³/mol. The Kier molecular flexibility index (Phi) is 5.69. The van der Waals surface area contributed by atoms with E-state index in [9.17, 15) is 5.11 Å². The number of piperidine rings is 1. The van der Waals surface area contributed by atoms with Crippen molar-refractivity contribution in [3.8, 4) is 11.5 Å². The molecule has 1 heterocycles. The number of nitrogens with zero attached hydrogens (tertiary/aromatic N) is 1. The molecule has 1 atom stereocenters. The van der Waals surface area contributed by atoms with E-state index in [2.05, 4.69) is 33.1 Å². The molecule has 0 aliphatic carbocycles. The van der Waals surface area contributed by atoms with Gasteiger partial charge >= 0.3 is 0 Å². The van der Waals surface area contributed by atoms with Crippen molar-refractivity contribution in [2.24, 2.45) is 0 Å². The first-order valence-electron chi connectivity index (χ1n) is 7.15. The molecule has 2 N–H and O–H groups in total. The smallest absolute Gasteiger partial charge is 0.172 e. The number of halogens is 1. The maximum Gasteiger partial charge on any atom is 0.172 e. The average molecular weight is 343 g/mol. The summed E-state index contributed by atoms with van der Waals surface area (Å²) in [6.45, 7) is 6.46. The fourth-order valence-electron chi connectivity index (χ4n) is 2.66. The van der Waals surface area contributed by atoms with Gasteiger partial charge in [0.2, 0.25) is 0 Å². The van der Waals surface area contributed by atoms with Crippen molar-refractivity contribution in [1.82, 2.24) is 10.2 Å². The third-order valence-electron chi connectivity index (χ3n) is 3.86. The predicted octanol–water partition coefficient (Wildman–Crippen LogP) is 2.74. The van der Waals surface area contributed by atoms with Gasteiger partial charge in [-0.3, -0.25) is 0 Å². The summed E-state index contributed by atoms with van der Waals surface area (Å²) < 4.78 is 5.85. The van der Waals surface area contributed by atoms with E-state index in [1.807, 2.05) is 12.1 Å². The van der Waals surface area contributed by atoms with Crippen LogP contribution in [-0.4, -0.2) is 42.8 Å². The molecule has 0 bridgehead atoms. The largest absolute Gasteiger partial charge is 0.503 e. The molecular formula is C15H23BrN2O2. The number of hydrogen-bond donors (Lipinski definition) is 2. The van der Waals surface area contributed by atoms with Crippen LogP contribution in [0.3, 0.4) is 0 Å². The Bertz CT molecular complexity index is 454. The van der Waals surface area contributed by atoms with Crippen LogP contribution in [0.25, 0.3) is 0 Å². The standard InChI is InChI=1S/C15H23BrN2O2/c1-3-18-6-4-5-12(10-18)17-9-11-7-13(16)15(19)14(8-11)20-2/h7-8,12,17,19H,3-6,9-10H2,1-2H3. The highest BCUT2D eigenvalue weighted by molar-refractivity contribution is 9.10. The molecule has 2 rings (SSSR count). The quantitative estimate of drug-likeness (QED) is 0.863. The lowest BCUT2D eigenvalue weighted by molar-refractivity contribution is 0.198. The van der Waals surface area contributed by atoms with Gasteiger partial charge in [-0.2, -0.15) is 0 Å². The molecule has 112 valence electrons. The van der Waals surface area contributed by atoms with Crippen molar-refractivity contribution in [1.29, 1.82) is 0 Å². The van der Waals surface area contributed by atoms with E-state index < -0.39 is 0 Å². The van der Waals surface area contributed by atoms with Crippen LogP contribution < -0.4 is 10.1 Å². The van der Waals surface area contributed by atoms with E-state index in [1.54, 1.807) is 7.11 Å². The van der Waals surface area contributed by atoms with Gasteiger partial charge in [0.05, 0.1) is 11.6 Å². The highest BCUT2D eigenvalue weighted by Crippen LogP contribution is 2.35. The van der Waals surface area contributed by atoms with Crippen LogP contribution in [0.15, 0.2) is 16.6 Å². The number of aromatic hydroxyl groups is 1. The first-order valence-corrected chi connectivity index (χ1v) is 7.94. The summed E-state index contributed by atoms with van der Waals surface area (Å²) in [5.74, 6) is 0.668. The molecule has 1 aromatic carbocycles. The number of rotatable bonds is 5. The number of phenolic OH excluding ortho intramolecular Hbond substituents is 1. The van der Waals surface area contributed by atoms with E-state index in [0.717, 1.165) is 25.2 Å². The third-order valence-corrected chi connectivity index (χ3v) is 4.46. The number of methoxy groups -OCH3 is 1. The average Bonchev–Trinajstić information content (AvgIpc) is 2.48. The van der Waals surface area contributed by atoms with Crippen LogP contribution in [0.1, 0.15) is 25.3 Å². The second-order valence-electron chi connectivity index (χ2n) is 5.24. The van der Waals surface area contributed by atoms with Gasteiger partial charge in [0, 0.05) is 19.1 Å². The second-order valence-corrected chi connectivity index (χ2v) is 6.10. The minimum Gasteiger partial charge on any atom is -0.503 e. The zero-order valence-corrected chi connectivity index (χ0v) is 13.7. The lowest BCUT2D eigenvalue weighted by Gasteiger charge is -2.32. The summed E-state index contributed by atoms with van der Waals surface area (Å²) in [6, 6.07) is 4.36. The number of benzene rings is 1. The van der Waals surface area contributed by atoms with Gasteiger partial charge in [-0.05, 0) is 59.6 Å². The van der Waals surface area contributed by atoms with Crippen molar-refractivity contribution in [3.05, 3.63) is 22.2 Å². The molecule has 0 saturated carbocycles. The maximum absolute atomic E-state index is 9.81. The molecule has 1 aliphatic heterocycles. The van der Waals surface area contributed by atoms with E-state index in [-0.39, 0.29) is 5.75 Å². The van der Waals surface area contributed by atoms with Crippen molar-refractivity contribution in [2.45, 2.75) is 32.4 Å². The number of hydrogen-bond acceptors (Lipinski definition) is 4. The van der Waals surface area contributed by atoms with Gasteiger partial charge in [-0.15, -0.1) is 0 Å². The fourth-order valence-corrected chi connectivity index (χ4v) is 3.15. The van der Waals surface area contributed by atoms with Gasteiger partial charge in [-0.1, -0.05) is 6.92 Å². The Labute approximate surface area is 129 Å². The van der Waals surface area contributed by atoms with Crippen LogP contribution in [0.2, 0.25) is 0 Å². The Hall–Kier alpha value is -0.780. The molecule has 1 fully saturated rings. The van der Waals surface area contributed by atoms with Crippen molar-refractivity contribution in [2.75, 3.05) is 26.7 Å². The van der Waals surface area contributed by atoms with E-state index in [1.165, 1.54) is 19.4 Å². The molecule has 0 radical (unpaired) electrons. The number of phenols is 1. The summed E-state index contributed by atoms with van der Waals surface area (Å²) in [7, 11) is 1.57. The minimum absolute atomic E-state index is 0.158. The number of ether oxygens (including phenoxy) is 1. The topological polar surface area (TPSA) is 44.7 Å². The first-order chi connectivity index (χ1) is 9.63. The first kappa shape index (κ1) is 15.6. The zero-order valence-electron chi connectivity index (χ0n) is 12.2. The van der Waals surface area contributed by atoms with Gasteiger partial charge in [0.25, 0.3) is 0 Å². The monoisotopic (exact) mass is 342 g/mol. The van der Waals surface area contributed by atoms with Crippen LogP contribution in [-0.2, 0) is 6.54 Å². The molecule has 4 nitrogen and oxygen atoms in total. The van der Waals surface area contributed by atoms with E-state index in [4.69, 9.17) is 4.74 Å². The maximum atomic E-state index is 9.81. The Morgan fingerprint density at radius 3 is 3.00 bits per heavy atom. The SMILES string of the molecule is CCN1CCCC(NCc2cc(Br)c(O)c(OC)c2)C1. The van der Waals surface area contributed by atoms with Gasteiger partial charge in [0.15, 0.2) is 11.5 Å². The molecule has 1 aromatic rings. The van der Waals surface area contributed by atoms with Crippen molar-refractivity contribution >= 4 is 15.9 Å². The Morgan fingerprint density at radius 2 is 2.30 bits per heavy atom. The van der Waals surface area contributed by atoms with Crippen LogP contribution in [0.4, 0.5) is 0 Å². The zero-order chi connectivity index (χ0) is 14.5. The Balaban J connectivity index is 1.95. The summed E-state index contributed by atoms with van der Waals surface area (Å²) in [5, 5.41) is 13.4. The van der Waals surface area contributed by atoms with Crippen LogP contribution in [0.5, 0.6) is 11.5 Å². The highest BCUT2D eigenvalue weighted by atomic mass is 79.9. The van der Waals surface area contributed by atoms with Crippen LogP contribution >= 0.6 is 15.9 Å². The lowest BCUT2D eigenvalue weighted by atomic mass is 10.1. The van der Waals surface area contributed by atoms with E-state index >= 15 is 0 Å². The van der Waals surface area contributed by atoms with Gasteiger partial charge in [0.1, 0.15) is 0 Å². The Morgan fingerprint density at radius 1 is 1.50 bits per heavy atom. The van der Waals surface area contributed by atoms with Crippen molar-refractivity contribution < 1.29 is 9.84 Å². The summed E-state index contributed by atoms with van der Waals surface area (Å²) in [6.07, 6.45) is 2.49. The molecule has 0 spiro atoms. The molecule has 20 heavy (non-hydrogen) atoms. The minimum atomic E-state index is 0.158. The summed E-state index contributed by atoms with van der Waals surface area (Å²) in [5.41, 5.74) is 1.11. The summed E-state index contributed by atoms with van der Waals surface area (Å²) >= 11 is 3.36. The molecule has 1 aliphatic rings. The molecule has 0 amide bonds. The highest BCUT2D eigenvalue weighted by Gasteiger charge is 2.18. The number of likely N-dealkylation sites (tertiary alicyclic amines) is 1. The van der Waals surface area contributed by atoms with Gasteiger partial charge in [-0.25, -0.2) is 0 Å². The number of nitrogens with one attached hydrogen (secondary N) is 1. The molecule has 1 unspecified atom stereocenters. The molecule has 0 aromatic heterocycles.